The second-order valence-corrected chi connectivity index (χ2v) is 6.62. The molecular formula is C18H23ClN2O4. The van der Waals surface area contributed by atoms with Crippen LogP contribution in [0.25, 0.3) is 0 Å². The van der Waals surface area contributed by atoms with Gasteiger partial charge in [0.15, 0.2) is 0 Å². The molecule has 1 fully saturated rings. The highest BCUT2D eigenvalue weighted by atomic mass is 35.5. The number of anilines is 1. The molecule has 7 heteroatoms. The van der Waals surface area contributed by atoms with Crippen molar-refractivity contribution in [3.8, 4) is 0 Å². The van der Waals surface area contributed by atoms with E-state index in [1.807, 2.05) is 6.92 Å². The molecule has 0 saturated carbocycles. The number of carbonyl (C=O) groups is 3. The van der Waals surface area contributed by atoms with Gasteiger partial charge in [-0.2, -0.15) is 0 Å². The molecule has 2 atom stereocenters. The lowest BCUT2D eigenvalue weighted by Gasteiger charge is -2.26. The van der Waals surface area contributed by atoms with Crippen molar-refractivity contribution in [3.05, 3.63) is 29.3 Å². The molecular weight excluding hydrogens is 344 g/mol. The van der Waals surface area contributed by atoms with Crippen molar-refractivity contribution in [1.82, 2.24) is 4.90 Å². The van der Waals surface area contributed by atoms with Crippen molar-refractivity contribution >= 4 is 35.1 Å². The number of hydrogen-bond donors (Lipinski definition) is 0. The zero-order chi connectivity index (χ0) is 18.6. The Balaban J connectivity index is 2.07. The number of halogens is 1. The summed E-state index contributed by atoms with van der Waals surface area (Å²) in [5, 5.41) is 0.544. The smallest absolute Gasteiger partial charge is 0.310 e. The van der Waals surface area contributed by atoms with Crippen LogP contribution in [0.1, 0.15) is 20.3 Å². The van der Waals surface area contributed by atoms with E-state index in [9.17, 15) is 14.4 Å². The van der Waals surface area contributed by atoms with Crippen LogP contribution < -0.4 is 4.90 Å². The van der Waals surface area contributed by atoms with Gasteiger partial charge in [-0.1, -0.05) is 24.6 Å². The largest absolute Gasteiger partial charge is 0.469 e. The number of nitrogens with zero attached hydrogens (tertiary/aromatic N) is 2. The van der Waals surface area contributed by atoms with E-state index >= 15 is 0 Å². The van der Waals surface area contributed by atoms with Gasteiger partial charge < -0.3 is 14.5 Å². The molecule has 136 valence electrons. The molecule has 2 amide bonds. The molecule has 6 nitrogen and oxygen atoms in total. The Morgan fingerprint density at radius 2 is 2.16 bits per heavy atom. The third kappa shape index (κ3) is 4.51. The molecule has 1 heterocycles. The topological polar surface area (TPSA) is 66.9 Å². The monoisotopic (exact) mass is 366 g/mol. The third-order valence-corrected chi connectivity index (χ3v) is 4.62. The first-order valence-electron chi connectivity index (χ1n) is 8.29. The summed E-state index contributed by atoms with van der Waals surface area (Å²) in [6, 6.07) is 7.02. The second-order valence-electron chi connectivity index (χ2n) is 6.19. The van der Waals surface area contributed by atoms with Crippen molar-refractivity contribution in [2.75, 3.05) is 31.6 Å². The number of ether oxygens (including phenoxy) is 1. The summed E-state index contributed by atoms with van der Waals surface area (Å²) < 4.78 is 4.71. The number of amides is 2. The summed E-state index contributed by atoms with van der Waals surface area (Å²) in [5.74, 6) is -1.39. The third-order valence-electron chi connectivity index (χ3n) is 4.39. The quantitative estimate of drug-likeness (QED) is 0.725. The molecule has 1 aliphatic rings. The summed E-state index contributed by atoms with van der Waals surface area (Å²) >= 11 is 5.99. The fourth-order valence-electron chi connectivity index (χ4n) is 3.01. The Kier molecular flexibility index (Phi) is 6.42. The Hall–Kier alpha value is -2.08. The lowest BCUT2D eigenvalue weighted by Crippen LogP contribution is -2.41. The number of methoxy groups -OCH3 is 1. The molecule has 0 N–H and O–H groups in total. The molecule has 25 heavy (non-hydrogen) atoms. The fourth-order valence-corrected chi connectivity index (χ4v) is 3.19. The Labute approximate surface area is 152 Å². The van der Waals surface area contributed by atoms with Crippen LogP contribution in [0.5, 0.6) is 0 Å². The van der Waals surface area contributed by atoms with E-state index in [4.69, 9.17) is 16.3 Å². The molecule has 0 bridgehead atoms. The van der Waals surface area contributed by atoms with Crippen LogP contribution >= 0.6 is 11.6 Å². The molecule has 0 spiro atoms. The van der Waals surface area contributed by atoms with E-state index in [0.717, 1.165) is 0 Å². The zero-order valence-corrected chi connectivity index (χ0v) is 15.5. The molecule has 1 aromatic rings. The van der Waals surface area contributed by atoms with E-state index in [-0.39, 0.29) is 30.7 Å². The predicted molar refractivity (Wildman–Crippen MR) is 95.3 cm³/mol. The molecule has 1 aromatic carbocycles. The van der Waals surface area contributed by atoms with E-state index in [0.29, 0.717) is 23.8 Å². The maximum Gasteiger partial charge on any atom is 0.310 e. The van der Waals surface area contributed by atoms with Gasteiger partial charge in [0.25, 0.3) is 0 Å². The van der Waals surface area contributed by atoms with Crippen LogP contribution in [0.15, 0.2) is 24.3 Å². The van der Waals surface area contributed by atoms with Crippen molar-refractivity contribution in [1.29, 1.82) is 0 Å². The number of esters is 1. The number of carbonyl (C=O) groups excluding carboxylic acids is 3. The lowest BCUT2D eigenvalue weighted by atomic mass is 10.1. The molecule has 2 unspecified atom stereocenters. The van der Waals surface area contributed by atoms with Crippen molar-refractivity contribution in [3.63, 3.8) is 0 Å². The molecule has 1 aliphatic heterocycles. The summed E-state index contributed by atoms with van der Waals surface area (Å²) in [7, 11) is 1.33. The van der Waals surface area contributed by atoms with Crippen molar-refractivity contribution in [2.24, 2.45) is 11.8 Å². The Morgan fingerprint density at radius 3 is 2.76 bits per heavy atom. The number of hydrogen-bond acceptors (Lipinski definition) is 4. The van der Waals surface area contributed by atoms with Crippen LogP contribution in [0.4, 0.5) is 5.69 Å². The van der Waals surface area contributed by atoms with Crippen LogP contribution in [0.2, 0.25) is 5.02 Å². The second kappa shape index (κ2) is 8.34. The van der Waals surface area contributed by atoms with Gasteiger partial charge in [-0.15, -0.1) is 0 Å². The lowest BCUT2D eigenvalue weighted by molar-refractivity contribution is -0.147. The van der Waals surface area contributed by atoms with Crippen LogP contribution in [-0.2, 0) is 19.1 Å². The summed E-state index contributed by atoms with van der Waals surface area (Å²) in [4.78, 5) is 39.9. The molecule has 2 rings (SSSR count). The highest BCUT2D eigenvalue weighted by molar-refractivity contribution is 6.31. The maximum atomic E-state index is 12.8. The van der Waals surface area contributed by atoms with Gasteiger partial charge in [0, 0.05) is 36.8 Å². The minimum absolute atomic E-state index is 0.0994. The van der Waals surface area contributed by atoms with Crippen LogP contribution in [0, 0.1) is 11.8 Å². The first-order chi connectivity index (χ1) is 11.9. The minimum atomic E-state index is -0.420. The first-order valence-corrected chi connectivity index (χ1v) is 8.67. The summed E-state index contributed by atoms with van der Waals surface area (Å²) in [6.45, 7) is 4.65. The highest BCUT2D eigenvalue weighted by Gasteiger charge is 2.37. The maximum absolute atomic E-state index is 12.8. The van der Waals surface area contributed by atoms with Gasteiger partial charge in [0.05, 0.1) is 18.9 Å². The van der Waals surface area contributed by atoms with Crippen LogP contribution in [-0.4, -0.2) is 49.4 Å². The van der Waals surface area contributed by atoms with Crippen molar-refractivity contribution in [2.45, 2.75) is 20.3 Å². The van der Waals surface area contributed by atoms with Gasteiger partial charge in [-0.05, 0) is 25.1 Å². The molecule has 1 saturated heterocycles. The van der Waals surface area contributed by atoms with Crippen molar-refractivity contribution < 1.29 is 19.1 Å². The number of benzene rings is 1. The SMILES string of the molecule is CCN(CC(C)C(=O)OC)C(=O)C1CC(=O)N(c2cccc(Cl)c2)C1. The average Bonchev–Trinajstić information content (AvgIpc) is 2.99. The zero-order valence-electron chi connectivity index (χ0n) is 14.7. The standard InChI is InChI=1S/C18H23ClN2O4/c1-4-20(10-12(2)18(24)25-3)17(23)13-8-16(22)21(11-13)15-7-5-6-14(19)9-15/h5-7,9,12-13H,4,8,10-11H2,1-3H3. The normalized spacial score (nSPS) is 18.2. The molecule has 0 radical (unpaired) electrons. The van der Waals surface area contributed by atoms with E-state index in [1.165, 1.54) is 7.11 Å². The Morgan fingerprint density at radius 1 is 1.44 bits per heavy atom. The first kappa shape index (κ1) is 19.2. The van der Waals surface area contributed by atoms with Gasteiger partial charge in [0.1, 0.15) is 0 Å². The van der Waals surface area contributed by atoms with E-state index in [2.05, 4.69) is 0 Å². The van der Waals surface area contributed by atoms with E-state index in [1.54, 1.807) is 41.0 Å². The van der Waals surface area contributed by atoms with Crippen LogP contribution in [0.3, 0.4) is 0 Å². The average molecular weight is 367 g/mol. The minimum Gasteiger partial charge on any atom is -0.469 e. The number of rotatable bonds is 6. The highest BCUT2D eigenvalue weighted by Crippen LogP contribution is 2.28. The molecule has 0 aliphatic carbocycles. The van der Waals surface area contributed by atoms with Gasteiger partial charge >= 0.3 is 5.97 Å². The Bertz CT molecular complexity index is 664. The van der Waals surface area contributed by atoms with E-state index < -0.39 is 11.8 Å². The van der Waals surface area contributed by atoms with Gasteiger partial charge in [0.2, 0.25) is 11.8 Å². The summed E-state index contributed by atoms with van der Waals surface area (Å²) in [5.41, 5.74) is 0.693. The fraction of sp³-hybridized carbons (Fsp3) is 0.500. The summed E-state index contributed by atoms with van der Waals surface area (Å²) in [6.07, 6.45) is 0.161. The van der Waals surface area contributed by atoms with Gasteiger partial charge in [-0.3, -0.25) is 14.4 Å². The molecule has 0 aromatic heterocycles. The van der Waals surface area contributed by atoms with Gasteiger partial charge in [-0.25, -0.2) is 0 Å². The predicted octanol–water partition coefficient (Wildman–Crippen LogP) is 2.35.